The average molecular weight is 383 g/mol. The monoisotopic (exact) mass is 383 g/mol. The van der Waals surface area contributed by atoms with Crippen LogP contribution in [-0.4, -0.2) is 17.0 Å². The quantitative estimate of drug-likeness (QED) is 0.477. The lowest BCUT2D eigenvalue weighted by Gasteiger charge is -2.06. The summed E-state index contributed by atoms with van der Waals surface area (Å²) in [7, 11) is 0. The first-order valence-electron chi connectivity index (χ1n) is 9.66. The van der Waals surface area contributed by atoms with Crippen LogP contribution in [0, 0.1) is 0 Å². The van der Waals surface area contributed by atoms with Gasteiger partial charge in [0.1, 0.15) is 17.7 Å². The highest BCUT2D eigenvalue weighted by Crippen LogP contribution is 2.37. The highest BCUT2D eigenvalue weighted by molar-refractivity contribution is 6.10. The van der Waals surface area contributed by atoms with Crippen LogP contribution in [0.3, 0.4) is 0 Å². The van der Waals surface area contributed by atoms with Crippen LogP contribution >= 0.6 is 0 Å². The van der Waals surface area contributed by atoms with Gasteiger partial charge in [-0.3, -0.25) is 4.79 Å². The minimum atomic E-state index is -0.364. The second-order valence-corrected chi connectivity index (χ2v) is 7.30. The second-order valence-electron chi connectivity index (χ2n) is 7.30. The van der Waals surface area contributed by atoms with Gasteiger partial charge in [0.15, 0.2) is 0 Å². The lowest BCUT2D eigenvalue weighted by Crippen LogP contribution is -2.17. The first-order chi connectivity index (χ1) is 14.2. The predicted molar refractivity (Wildman–Crippen MR) is 117 cm³/mol. The maximum Gasteiger partial charge on any atom is 0.237 e. The van der Waals surface area contributed by atoms with Crippen molar-refractivity contribution in [2.45, 2.75) is 13.0 Å². The van der Waals surface area contributed by atoms with E-state index in [1.807, 2.05) is 35.0 Å². The standard InChI is InChI=1S/C24H21N3O2/c25-11-10-16-13-27(14-23(26)28)21-9-8-15(12-20(16)21)17-5-3-6-19-18-4-1-2-7-22(18)29-24(17)19/h1-9,12-13H,10-11,14,25H2,(H2,26,28). The number of furan rings is 1. The van der Waals surface area contributed by atoms with Crippen molar-refractivity contribution in [3.8, 4) is 11.1 Å². The largest absolute Gasteiger partial charge is 0.455 e. The van der Waals surface area contributed by atoms with E-state index in [1.54, 1.807) is 0 Å². The number of hydrogen-bond donors (Lipinski definition) is 2. The van der Waals surface area contributed by atoms with Gasteiger partial charge in [0.05, 0.1) is 0 Å². The Morgan fingerprint density at radius 2 is 1.79 bits per heavy atom. The number of carbonyl (C=O) groups is 1. The summed E-state index contributed by atoms with van der Waals surface area (Å²) >= 11 is 0. The van der Waals surface area contributed by atoms with Gasteiger partial charge in [-0.25, -0.2) is 0 Å². The van der Waals surface area contributed by atoms with Gasteiger partial charge in [0.2, 0.25) is 5.91 Å². The van der Waals surface area contributed by atoms with Crippen LogP contribution in [0.5, 0.6) is 0 Å². The lowest BCUT2D eigenvalue weighted by molar-refractivity contribution is -0.118. The van der Waals surface area contributed by atoms with E-state index in [-0.39, 0.29) is 12.5 Å². The van der Waals surface area contributed by atoms with Gasteiger partial charge in [-0.15, -0.1) is 0 Å². The lowest BCUT2D eigenvalue weighted by atomic mass is 9.99. The van der Waals surface area contributed by atoms with Gasteiger partial charge in [-0.1, -0.05) is 42.5 Å². The molecule has 0 saturated heterocycles. The van der Waals surface area contributed by atoms with E-state index in [1.165, 1.54) is 0 Å². The zero-order valence-corrected chi connectivity index (χ0v) is 15.9. The van der Waals surface area contributed by atoms with Crippen molar-refractivity contribution in [1.29, 1.82) is 0 Å². The minimum Gasteiger partial charge on any atom is -0.455 e. The van der Waals surface area contributed by atoms with Gasteiger partial charge in [0, 0.05) is 33.4 Å². The van der Waals surface area contributed by atoms with E-state index in [0.717, 1.165) is 56.0 Å². The van der Waals surface area contributed by atoms with Crippen LogP contribution < -0.4 is 11.5 Å². The number of hydrogen-bond acceptors (Lipinski definition) is 3. The molecule has 0 saturated carbocycles. The second kappa shape index (κ2) is 6.79. The molecular formula is C24H21N3O2. The van der Waals surface area contributed by atoms with Gasteiger partial charge in [-0.05, 0) is 42.3 Å². The molecule has 0 radical (unpaired) electrons. The molecule has 5 nitrogen and oxygen atoms in total. The van der Waals surface area contributed by atoms with Crippen molar-refractivity contribution in [1.82, 2.24) is 4.57 Å². The van der Waals surface area contributed by atoms with Gasteiger partial charge in [-0.2, -0.15) is 0 Å². The molecule has 0 aliphatic heterocycles. The number of aromatic nitrogens is 1. The number of para-hydroxylation sites is 2. The molecule has 0 unspecified atom stereocenters. The summed E-state index contributed by atoms with van der Waals surface area (Å²) in [5.74, 6) is -0.364. The molecule has 144 valence electrons. The molecule has 0 aliphatic carbocycles. The summed E-state index contributed by atoms with van der Waals surface area (Å²) in [5, 5.41) is 3.30. The van der Waals surface area contributed by atoms with Crippen molar-refractivity contribution in [2.24, 2.45) is 11.5 Å². The zero-order chi connectivity index (χ0) is 20.0. The number of nitrogens with two attached hydrogens (primary N) is 2. The molecule has 0 fully saturated rings. The third-order valence-corrected chi connectivity index (χ3v) is 5.42. The van der Waals surface area contributed by atoms with Crippen LogP contribution in [0.4, 0.5) is 0 Å². The van der Waals surface area contributed by atoms with Crippen molar-refractivity contribution < 1.29 is 9.21 Å². The number of benzene rings is 3. The van der Waals surface area contributed by atoms with E-state index in [2.05, 4.69) is 36.4 Å². The van der Waals surface area contributed by atoms with Crippen LogP contribution in [0.2, 0.25) is 0 Å². The topological polar surface area (TPSA) is 87.2 Å². The Kier molecular flexibility index (Phi) is 4.11. The predicted octanol–water partition coefficient (Wildman–Crippen LogP) is 4.19. The molecule has 3 aromatic carbocycles. The Hall–Kier alpha value is -3.57. The molecule has 0 spiro atoms. The fraction of sp³-hybridized carbons (Fsp3) is 0.125. The molecule has 4 N–H and O–H groups in total. The SMILES string of the molecule is NCCc1cn(CC(N)=O)c2ccc(-c3cccc4c3oc3ccccc34)cc12. The number of nitrogens with zero attached hydrogens (tertiary/aromatic N) is 1. The van der Waals surface area contributed by atoms with Gasteiger partial charge < -0.3 is 20.5 Å². The molecule has 0 aliphatic rings. The first-order valence-corrected chi connectivity index (χ1v) is 9.66. The van der Waals surface area contributed by atoms with E-state index in [0.29, 0.717) is 6.54 Å². The molecule has 2 aromatic heterocycles. The fourth-order valence-corrected chi connectivity index (χ4v) is 4.17. The van der Waals surface area contributed by atoms with Crippen molar-refractivity contribution in [2.75, 3.05) is 6.54 Å². The van der Waals surface area contributed by atoms with Crippen molar-refractivity contribution in [3.05, 3.63) is 72.4 Å². The minimum absolute atomic E-state index is 0.152. The summed E-state index contributed by atoms with van der Waals surface area (Å²) in [6.07, 6.45) is 2.72. The van der Waals surface area contributed by atoms with Crippen LogP contribution in [0.25, 0.3) is 44.0 Å². The molecular weight excluding hydrogens is 362 g/mol. The highest BCUT2D eigenvalue weighted by atomic mass is 16.3. The van der Waals surface area contributed by atoms with Crippen molar-refractivity contribution >= 4 is 38.7 Å². The Balaban J connectivity index is 1.73. The number of amides is 1. The third-order valence-electron chi connectivity index (χ3n) is 5.42. The van der Waals surface area contributed by atoms with E-state index in [4.69, 9.17) is 15.9 Å². The molecule has 5 rings (SSSR count). The molecule has 1 amide bonds. The molecule has 29 heavy (non-hydrogen) atoms. The summed E-state index contributed by atoms with van der Waals surface area (Å²) in [6, 6.07) is 20.6. The molecule has 0 atom stereocenters. The number of primary amides is 1. The Bertz CT molecular complexity index is 1380. The summed E-state index contributed by atoms with van der Waals surface area (Å²) in [5.41, 5.74) is 17.2. The third kappa shape index (κ3) is 2.87. The maximum absolute atomic E-state index is 11.5. The van der Waals surface area contributed by atoms with E-state index >= 15 is 0 Å². The summed E-state index contributed by atoms with van der Waals surface area (Å²) in [6.45, 7) is 0.693. The van der Waals surface area contributed by atoms with E-state index < -0.39 is 0 Å². The van der Waals surface area contributed by atoms with Gasteiger partial charge in [0.25, 0.3) is 0 Å². The maximum atomic E-state index is 11.5. The average Bonchev–Trinajstić information content (AvgIpc) is 3.26. The molecule has 0 bridgehead atoms. The van der Waals surface area contributed by atoms with Crippen molar-refractivity contribution in [3.63, 3.8) is 0 Å². The van der Waals surface area contributed by atoms with Crippen LogP contribution in [-0.2, 0) is 17.8 Å². The van der Waals surface area contributed by atoms with Gasteiger partial charge >= 0.3 is 0 Å². The molecule has 5 heteroatoms. The Morgan fingerprint density at radius 3 is 2.62 bits per heavy atom. The molecule has 5 aromatic rings. The highest BCUT2D eigenvalue weighted by Gasteiger charge is 2.15. The number of carbonyl (C=O) groups excluding carboxylic acids is 1. The fourth-order valence-electron chi connectivity index (χ4n) is 4.17. The van der Waals surface area contributed by atoms with Crippen LogP contribution in [0.1, 0.15) is 5.56 Å². The Labute approximate surface area is 167 Å². The number of fused-ring (bicyclic) bond motifs is 4. The smallest absolute Gasteiger partial charge is 0.237 e. The zero-order valence-electron chi connectivity index (χ0n) is 15.9. The molecule has 2 heterocycles. The Morgan fingerprint density at radius 1 is 0.966 bits per heavy atom. The normalized spacial score (nSPS) is 11.6. The van der Waals surface area contributed by atoms with Crippen LogP contribution in [0.15, 0.2) is 71.3 Å². The number of rotatable bonds is 5. The first kappa shape index (κ1) is 17.5. The van der Waals surface area contributed by atoms with E-state index in [9.17, 15) is 4.79 Å². The summed E-state index contributed by atoms with van der Waals surface area (Å²) in [4.78, 5) is 11.5. The summed E-state index contributed by atoms with van der Waals surface area (Å²) < 4.78 is 8.10.